The molecule has 0 saturated heterocycles. The van der Waals surface area contributed by atoms with Crippen LogP contribution in [0, 0.1) is 12.8 Å². The predicted octanol–water partition coefficient (Wildman–Crippen LogP) is 4.60. The molecule has 29 heavy (non-hydrogen) atoms. The summed E-state index contributed by atoms with van der Waals surface area (Å²) >= 11 is 6.08. The van der Waals surface area contributed by atoms with Gasteiger partial charge >= 0.3 is 16.1 Å². The molecule has 0 radical (unpaired) electrons. The molecule has 0 unspecified atom stereocenters. The summed E-state index contributed by atoms with van der Waals surface area (Å²) in [5, 5.41) is 2.91. The van der Waals surface area contributed by atoms with Crippen molar-refractivity contribution in [3.63, 3.8) is 0 Å². The molecule has 158 valence electrons. The third-order valence-corrected chi connectivity index (χ3v) is 5.97. The summed E-state index contributed by atoms with van der Waals surface area (Å²) in [5.74, 6) is 0.461. The van der Waals surface area contributed by atoms with E-state index < -0.39 is 10.1 Å². The Kier molecular flexibility index (Phi) is 7.93. The molecule has 2 aromatic rings. The lowest BCUT2D eigenvalue weighted by atomic mass is 10.1. The number of hydrogen-bond donors (Lipinski definition) is 1. The van der Waals surface area contributed by atoms with Gasteiger partial charge in [-0.05, 0) is 49.1 Å². The number of rotatable bonds is 8. The molecule has 1 N–H and O–H groups in total. The van der Waals surface area contributed by atoms with Crippen LogP contribution in [0.3, 0.4) is 0 Å². The van der Waals surface area contributed by atoms with Crippen molar-refractivity contribution in [1.82, 2.24) is 10.2 Å². The number of carbonyl (C=O) groups excluding carboxylic acids is 1. The summed E-state index contributed by atoms with van der Waals surface area (Å²) in [7, 11) is -4.09. The SMILES string of the molecule is CCNC(=O)N(Cc1cccc(OS(=O)(=O)c2c(C)cccc2Cl)c1)CC(C)C. The van der Waals surface area contributed by atoms with E-state index in [2.05, 4.69) is 5.32 Å². The second-order valence-electron chi connectivity index (χ2n) is 7.18. The highest BCUT2D eigenvalue weighted by atomic mass is 35.5. The maximum absolute atomic E-state index is 12.7. The lowest BCUT2D eigenvalue weighted by molar-refractivity contribution is 0.188. The standard InChI is InChI=1S/C21H27ClN2O4S/c1-5-23-21(25)24(13-15(2)3)14-17-9-7-10-18(12-17)28-29(26,27)20-16(4)8-6-11-19(20)22/h6-12,15H,5,13-14H2,1-4H3,(H,23,25). The van der Waals surface area contributed by atoms with Crippen LogP contribution in [-0.2, 0) is 16.7 Å². The number of halogens is 1. The van der Waals surface area contributed by atoms with Gasteiger partial charge in [-0.25, -0.2) is 4.79 Å². The fourth-order valence-electron chi connectivity index (χ4n) is 2.94. The number of benzene rings is 2. The van der Waals surface area contributed by atoms with Crippen LogP contribution in [0.2, 0.25) is 5.02 Å². The van der Waals surface area contributed by atoms with Crippen molar-refractivity contribution in [1.29, 1.82) is 0 Å². The zero-order chi connectivity index (χ0) is 21.6. The number of amides is 2. The first-order chi connectivity index (χ1) is 13.6. The number of carbonyl (C=O) groups is 1. The second kappa shape index (κ2) is 9.98. The van der Waals surface area contributed by atoms with Gasteiger partial charge in [0.15, 0.2) is 0 Å². The summed E-state index contributed by atoms with van der Waals surface area (Å²) in [4.78, 5) is 14.0. The van der Waals surface area contributed by atoms with Gasteiger partial charge in [0.2, 0.25) is 0 Å². The number of nitrogens with one attached hydrogen (secondary N) is 1. The van der Waals surface area contributed by atoms with Gasteiger partial charge in [0.1, 0.15) is 10.6 Å². The average Bonchev–Trinajstić information content (AvgIpc) is 2.60. The molecule has 2 amide bonds. The Bertz CT molecular complexity index is 941. The number of nitrogens with zero attached hydrogens (tertiary/aromatic N) is 1. The minimum Gasteiger partial charge on any atom is -0.379 e. The highest BCUT2D eigenvalue weighted by molar-refractivity contribution is 7.87. The molecule has 0 aliphatic carbocycles. The maximum atomic E-state index is 12.7. The van der Waals surface area contributed by atoms with E-state index in [1.807, 2.05) is 26.8 Å². The Morgan fingerprint density at radius 1 is 1.21 bits per heavy atom. The first-order valence-corrected chi connectivity index (χ1v) is 11.2. The van der Waals surface area contributed by atoms with E-state index in [9.17, 15) is 13.2 Å². The molecule has 0 atom stereocenters. The summed E-state index contributed by atoms with van der Waals surface area (Å²) in [5.41, 5.74) is 1.27. The van der Waals surface area contributed by atoms with E-state index >= 15 is 0 Å². The largest absolute Gasteiger partial charge is 0.379 e. The zero-order valence-corrected chi connectivity index (χ0v) is 18.7. The monoisotopic (exact) mass is 438 g/mol. The number of hydrogen-bond acceptors (Lipinski definition) is 4. The molecule has 0 saturated carbocycles. The van der Waals surface area contributed by atoms with Gasteiger partial charge in [0, 0.05) is 19.6 Å². The van der Waals surface area contributed by atoms with Crippen LogP contribution in [0.5, 0.6) is 5.75 Å². The van der Waals surface area contributed by atoms with Crippen LogP contribution in [0.1, 0.15) is 31.9 Å². The molecule has 2 rings (SSSR count). The van der Waals surface area contributed by atoms with Gasteiger partial charge < -0.3 is 14.4 Å². The van der Waals surface area contributed by atoms with Crippen LogP contribution >= 0.6 is 11.6 Å². The van der Waals surface area contributed by atoms with Crippen molar-refractivity contribution in [2.24, 2.45) is 5.92 Å². The van der Waals surface area contributed by atoms with E-state index in [0.29, 0.717) is 31.1 Å². The Labute approximate surface area is 177 Å². The van der Waals surface area contributed by atoms with Gasteiger partial charge in [0.25, 0.3) is 0 Å². The first-order valence-electron chi connectivity index (χ1n) is 9.45. The minimum atomic E-state index is -4.09. The normalized spacial score (nSPS) is 11.4. The van der Waals surface area contributed by atoms with Crippen LogP contribution in [-0.4, -0.2) is 32.4 Å². The minimum absolute atomic E-state index is 0.0455. The molecule has 0 aliphatic rings. The average molecular weight is 439 g/mol. The van der Waals surface area contributed by atoms with Crippen LogP contribution in [0.4, 0.5) is 4.79 Å². The van der Waals surface area contributed by atoms with E-state index in [1.165, 1.54) is 6.07 Å². The third-order valence-electron chi connectivity index (χ3n) is 4.09. The third kappa shape index (κ3) is 6.37. The second-order valence-corrected chi connectivity index (χ2v) is 9.07. The van der Waals surface area contributed by atoms with Gasteiger partial charge in [-0.1, -0.05) is 49.7 Å². The lowest BCUT2D eigenvalue weighted by Crippen LogP contribution is -2.41. The molecule has 0 aromatic heterocycles. The van der Waals surface area contributed by atoms with Crippen molar-refractivity contribution in [3.05, 3.63) is 58.6 Å². The fourth-order valence-corrected chi connectivity index (χ4v) is 4.66. The first kappa shape index (κ1) is 23.0. The van der Waals surface area contributed by atoms with Crippen LogP contribution in [0.25, 0.3) is 0 Å². The summed E-state index contributed by atoms with van der Waals surface area (Å²) < 4.78 is 30.8. The Hall–Kier alpha value is -2.25. The zero-order valence-electron chi connectivity index (χ0n) is 17.1. The smallest absolute Gasteiger partial charge is 0.340 e. The molecule has 2 aromatic carbocycles. The molecule has 0 spiro atoms. The van der Waals surface area contributed by atoms with Crippen molar-refractivity contribution in [2.45, 2.75) is 39.1 Å². The van der Waals surface area contributed by atoms with Crippen molar-refractivity contribution in [3.8, 4) is 5.75 Å². The van der Waals surface area contributed by atoms with Crippen LogP contribution in [0.15, 0.2) is 47.4 Å². The molecule has 8 heteroatoms. The van der Waals surface area contributed by atoms with Crippen molar-refractivity contribution < 1.29 is 17.4 Å². The van der Waals surface area contributed by atoms with Crippen molar-refractivity contribution >= 4 is 27.8 Å². The lowest BCUT2D eigenvalue weighted by Gasteiger charge is -2.25. The van der Waals surface area contributed by atoms with E-state index in [4.69, 9.17) is 15.8 Å². The van der Waals surface area contributed by atoms with E-state index in [0.717, 1.165) is 5.56 Å². The molecular weight excluding hydrogens is 412 g/mol. The Morgan fingerprint density at radius 2 is 1.90 bits per heavy atom. The van der Waals surface area contributed by atoms with E-state index in [1.54, 1.807) is 42.2 Å². The van der Waals surface area contributed by atoms with Crippen LogP contribution < -0.4 is 9.50 Å². The summed E-state index contributed by atoms with van der Waals surface area (Å²) in [6, 6.07) is 11.4. The quantitative estimate of drug-likeness (QED) is 0.611. The fraction of sp³-hybridized carbons (Fsp3) is 0.381. The van der Waals surface area contributed by atoms with Crippen molar-refractivity contribution in [2.75, 3.05) is 13.1 Å². The molecule has 0 fully saturated rings. The summed E-state index contributed by atoms with van der Waals surface area (Å²) in [6.07, 6.45) is 0. The van der Waals surface area contributed by atoms with Gasteiger partial charge in [-0.2, -0.15) is 8.42 Å². The van der Waals surface area contributed by atoms with Gasteiger partial charge in [-0.3, -0.25) is 0 Å². The highest BCUT2D eigenvalue weighted by Crippen LogP contribution is 2.28. The number of aryl methyl sites for hydroxylation is 1. The maximum Gasteiger partial charge on any atom is 0.340 e. The highest BCUT2D eigenvalue weighted by Gasteiger charge is 2.23. The molecule has 6 nitrogen and oxygen atoms in total. The molecule has 0 aliphatic heterocycles. The Balaban J connectivity index is 2.25. The summed E-state index contributed by atoms with van der Waals surface area (Å²) in [6.45, 7) is 9.04. The topological polar surface area (TPSA) is 75.7 Å². The van der Waals surface area contributed by atoms with E-state index in [-0.39, 0.29) is 21.7 Å². The molecular formula is C21H27ClN2O4S. The predicted molar refractivity (Wildman–Crippen MR) is 115 cm³/mol. The van der Waals surface area contributed by atoms with Gasteiger partial charge in [0.05, 0.1) is 5.02 Å². The Morgan fingerprint density at radius 3 is 2.52 bits per heavy atom. The molecule has 0 bridgehead atoms. The van der Waals surface area contributed by atoms with Gasteiger partial charge in [-0.15, -0.1) is 0 Å². The number of urea groups is 1. The molecule has 0 heterocycles.